The second-order valence-electron chi connectivity index (χ2n) is 3.87. The molecule has 0 atom stereocenters. The van der Waals surface area contributed by atoms with Crippen LogP contribution >= 0.6 is 11.6 Å². The Balaban J connectivity index is 0.000000191. The van der Waals surface area contributed by atoms with Gasteiger partial charge in [0.1, 0.15) is 5.75 Å². The van der Waals surface area contributed by atoms with Crippen LogP contribution in [-0.4, -0.2) is 5.11 Å². The van der Waals surface area contributed by atoms with Crippen LogP contribution < -0.4 is 22.9 Å². The third-order valence-corrected chi connectivity index (χ3v) is 2.68. The van der Waals surface area contributed by atoms with Crippen molar-refractivity contribution in [2.45, 2.75) is 6.54 Å². The van der Waals surface area contributed by atoms with Crippen molar-refractivity contribution in [3.8, 4) is 5.75 Å². The molecule has 2 aromatic rings. The van der Waals surface area contributed by atoms with Gasteiger partial charge in [-0.1, -0.05) is 11.6 Å². The van der Waals surface area contributed by atoms with Gasteiger partial charge in [-0.15, -0.1) is 0 Å². The van der Waals surface area contributed by atoms with E-state index in [2.05, 4.69) is 0 Å². The largest absolute Gasteiger partial charge is 0.508 e. The van der Waals surface area contributed by atoms with E-state index >= 15 is 0 Å². The molecular weight excluding hydrogens is 264 g/mol. The second kappa shape index (κ2) is 6.72. The van der Waals surface area contributed by atoms with Crippen LogP contribution in [0, 0.1) is 0 Å². The highest BCUT2D eigenvalue weighted by atomic mass is 35.5. The minimum atomic E-state index is 0.205. The Hall–Kier alpha value is -2.11. The van der Waals surface area contributed by atoms with E-state index in [1.54, 1.807) is 30.3 Å². The molecule has 9 N–H and O–H groups in total. The van der Waals surface area contributed by atoms with Crippen LogP contribution in [0.1, 0.15) is 5.56 Å². The number of anilines is 3. The molecule has 102 valence electrons. The van der Waals surface area contributed by atoms with Crippen molar-refractivity contribution in [2.75, 3.05) is 17.2 Å². The van der Waals surface area contributed by atoms with E-state index in [0.717, 1.165) is 0 Å². The predicted molar refractivity (Wildman–Crippen MR) is 80.7 cm³/mol. The molecule has 0 aliphatic heterocycles. The number of phenolic OH excluding ortho intramolecular Hbond substituents is 1. The van der Waals surface area contributed by atoms with E-state index in [4.69, 9.17) is 39.6 Å². The molecule has 0 aromatic heterocycles. The molecule has 0 fully saturated rings. The summed E-state index contributed by atoms with van der Waals surface area (Å²) in [5.41, 5.74) is 24.0. The molecule has 0 saturated carbocycles. The van der Waals surface area contributed by atoms with Crippen molar-refractivity contribution in [2.24, 2.45) is 5.73 Å². The lowest BCUT2D eigenvalue weighted by atomic mass is 10.2. The molecule has 0 bridgehead atoms. The first kappa shape index (κ1) is 14.9. The number of benzene rings is 2. The predicted octanol–water partition coefficient (Wildman–Crippen LogP) is 1.94. The quantitative estimate of drug-likeness (QED) is 0.403. The molecule has 19 heavy (non-hydrogen) atoms. The molecule has 2 aromatic carbocycles. The molecule has 6 heteroatoms. The topological polar surface area (TPSA) is 124 Å². The lowest BCUT2D eigenvalue weighted by Crippen LogP contribution is -1.97. The third kappa shape index (κ3) is 4.57. The SMILES string of the molecule is NCc1cc(N)ccc1O.Nc1ccc(N)c(Cl)c1. The number of aromatic hydroxyl groups is 1. The summed E-state index contributed by atoms with van der Waals surface area (Å²) >= 11 is 5.61. The summed E-state index contributed by atoms with van der Waals surface area (Å²) in [6.07, 6.45) is 0. The maximum atomic E-state index is 9.10. The van der Waals surface area contributed by atoms with Crippen LogP contribution in [-0.2, 0) is 6.54 Å². The van der Waals surface area contributed by atoms with Gasteiger partial charge in [-0.05, 0) is 36.4 Å². The van der Waals surface area contributed by atoms with Gasteiger partial charge in [0, 0.05) is 23.5 Å². The molecule has 0 saturated heterocycles. The Labute approximate surface area is 116 Å². The van der Waals surface area contributed by atoms with Gasteiger partial charge in [-0.25, -0.2) is 0 Å². The molecular formula is C13H17ClN4O. The zero-order chi connectivity index (χ0) is 14.4. The van der Waals surface area contributed by atoms with Crippen LogP contribution in [0.25, 0.3) is 0 Å². The van der Waals surface area contributed by atoms with Gasteiger partial charge in [-0.3, -0.25) is 0 Å². The van der Waals surface area contributed by atoms with Crippen LogP contribution in [0.2, 0.25) is 5.02 Å². The number of halogens is 1. The second-order valence-corrected chi connectivity index (χ2v) is 4.28. The van der Waals surface area contributed by atoms with E-state index in [1.807, 2.05) is 0 Å². The van der Waals surface area contributed by atoms with Crippen molar-refractivity contribution in [1.29, 1.82) is 0 Å². The van der Waals surface area contributed by atoms with E-state index in [1.165, 1.54) is 6.07 Å². The highest BCUT2D eigenvalue weighted by molar-refractivity contribution is 6.33. The first-order valence-corrected chi connectivity index (χ1v) is 5.89. The Morgan fingerprint density at radius 1 is 0.947 bits per heavy atom. The maximum Gasteiger partial charge on any atom is 0.120 e. The smallest absolute Gasteiger partial charge is 0.120 e. The molecule has 5 nitrogen and oxygen atoms in total. The van der Waals surface area contributed by atoms with Gasteiger partial charge in [0.2, 0.25) is 0 Å². The van der Waals surface area contributed by atoms with Crippen molar-refractivity contribution in [3.63, 3.8) is 0 Å². The van der Waals surface area contributed by atoms with E-state index < -0.39 is 0 Å². The van der Waals surface area contributed by atoms with Gasteiger partial charge in [0.15, 0.2) is 0 Å². The summed E-state index contributed by atoms with van der Waals surface area (Å²) in [6, 6.07) is 9.84. The zero-order valence-electron chi connectivity index (χ0n) is 10.3. The lowest BCUT2D eigenvalue weighted by Gasteiger charge is -2.00. The highest BCUT2D eigenvalue weighted by Gasteiger charge is 1.96. The number of phenols is 1. The van der Waals surface area contributed by atoms with E-state index in [9.17, 15) is 0 Å². The fourth-order valence-corrected chi connectivity index (χ4v) is 1.50. The van der Waals surface area contributed by atoms with Gasteiger partial charge >= 0.3 is 0 Å². The van der Waals surface area contributed by atoms with E-state index in [0.29, 0.717) is 34.2 Å². The average molecular weight is 281 g/mol. The summed E-state index contributed by atoms with van der Waals surface area (Å²) in [6.45, 7) is 0.316. The standard InChI is InChI=1S/C7H10N2O.C6H7ClN2/c8-4-5-3-6(9)1-2-7(5)10;7-5-3-4(8)1-2-6(5)9/h1-3,10H,4,8-9H2;1-3H,8-9H2. The van der Waals surface area contributed by atoms with Crippen molar-refractivity contribution in [1.82, 2.24) is 0 Å². The molecule has 0 aliphatic rings. The molecule has 0 spiro atoms. The Bertz CT molecular complexity index is 560. The fraction of sp³-hybridized carbons (Fsp3) is 0.0769. The number of hydrogen-bond donors (Lipinski definition) is 5. The molecule has 0 unspecified atom stereocenters. The first-order chi connectivity index (χ1) is 8.93. The minimum Gasteiger partial charge on any atom is -0.508 e. The molecule has 2 rings (SSSR count). The Kier molecular flexibility index (Phi) is 5.29. The first-order valence-electron chi connectivity index (χ1n) is 5.52. The average Bonchev–Trinajstić information content (AvgIpc) is 2.38. The zero-order valence-corrected chi connectivity index (χ0v) is 11.1. The number of hydrogen-bond acceptors (Lipinski definition) is 5. The monoisotopic (exact) mass is 280 g/mol. The fourth-order valence-electron chi connectivity index (χ4n) is 1.31. The summed E-state index contributed by atoms with van der Waals surface area (Å²) in [7, 11) is 0. The van der Waals surface area contributed by atoms with E-state index in [-0.39, 0.29) is 5.75 Å². The maximum absolute atomic E-state index is 9.10. The molecule has 0 radical (unpaired) electrons. The number of nitrogen functional groups attached to an aromatic ring is 3. The van der Waals surface area contributed by atoms with Crippen molar-refractivity contribution >= 4 is 28.7 Å². The number of rotatable bonds is 1. The Morgan fingerprint density at radius 2 is 1.53 bits per heavy atom. The summed E-state index contributed by atoms with van der Waals surface area (Å²) in [5, 5.41) is 9.61. The summed E-state index contributed by atoms with van der Waals surface area (Å²) in [4.78, 5) is 0. The molecule has 0 amide bonds. The third-order valence-electron chi connectivity index (χ3n) is 2.35. The normalized spacial score (nSPS) is 9.58. The van der Waals surface area contributed by atoms with Crippen LogP contribution in [0.5, 0.6) is 5.75 Å². The molecule has 0 heterocycles. The summed E-state index contributed by atoms with van der Waals surface area (Å²) in [5.74, 6) is 0.205. The van der Waals surface area contributed by atoms with Crippen molar-refractivity contribution in [3.05, 3.63) is 47.0 Å². The molecule has 0 aliphatic carbocycles. The van der Waals surface area contributed by atoms with Gasteiger partial charge < -0.3 is 28.0 Å². The van der Waals surface area contributed by atoms with Crippen LogP contribution in [0.4, 0.5) is 17.1 Å². The lowest BCUT2D eigenvalue weighted by molar-refractivity contribution is 0.468. The van der Waals surface area contributed by atoms with Crippen molar-refractivity contribution < 1.29 is 5.11 Å². The number of nitrogens with two attached hydrogens (primary N) is 4. The van der Waals surface area contributed by atoms with Gasteiger partial charge in [0.05, 0.1) is 10.7 Å². The summed E-state index contributed by atoms with van der Waals surface area (Å²) < 4.78 is 0. The minimum absolute atomic E-state index is 0.205. The van der Waals surface area contributed by atoms with Gasteiger partial charge in [0.25, 0.3) is 0 Å². The highest BCUT2D eigenvalue weighted by Crippen LogP contribution is 2.20. The Morgan fingerprint density at radius 3 is 2.00 bits per heavy atom. The van der Waals surface area contributed by atoms with Gasteiger partial charge in [-0.2, -0.15) is 0 Å². The van der Waals surface area contributed by atoms with Crippen LogP contribution in [0.3, 0.4) is 0 Å². The van der Waals surface area contributed by atoms with Crippen LogP contribution in [0.15, 0.2) is 36.4 Å².